The van der Waals surface area contributed by atoms with Gasteiger partial charge in [0.25, 0.3) is 5.88 Å². The second kappa shape index (κ2) is 12.6. The molecule has 0 saturated carbocycles. The van der Waals surface area contributed by atoms with Crippen molar-refractivity contribution in [3.63, 3.8) is 0 Å². The molecular weight excluding hydrogens is 452 g/mol. The van der Waals surface area contributed by atoms with Gasteiger partial charge in [-0.2, -0.15) is 4.37 Å². The molecule has 8 nitrogen and oxygen atoms in total. The standard InChI is InChI=1S/C25H35N4O4S/c1-4-5-6-9-15-31-25-24(27-34-28-25)21-12-10-14-29(3,17-21)18-32-23(26)16-20-11-7-8-13-22(20)33-19(2)30/h7-8,11-13,26H,4-6,9-10,14-18H2,1-3H3/q+1. The number of hydrogen-bond donors (Lipinski definition) is 1. The van der Waals surface area contributed by atoms with Crippen LogP contribution in [-0.4, -0.2) is 58.6 Å². The van der Waals surface area contributed by atoms with E-state index in [9.17, 15) is 4.79 Å². The average molecular weight is 488 g/mol. The fraction of sp³-hybridized carbons (Fsp3) is 0.520. The molecule has 1 aliphatic rings. The largest absolute Gasteiger partial charge is 0.475 e. The van der Waals surface area contributed by atoms with E-state index < -0.39 is 0 Å². The summed E-state index contributed by atoms with van der Waals surface area (Å²) in [6.07, 6.45) is 7.97. The van der Waals surface area contributed by atoms with E-state index in [0.717, 1.165) is 49.2 Å². The molecule has 0 fully saturated rings. The lowest BCUT2D eigenvalue weighted by Gasteiger charge is -2.36. The Morgan fingerprint density at radius 1 is 1.21 bits per heavy atom. The molecule has 0 amide bonds. The van der Waals surface area contributed by atoms with E-state index in [-0.39, 0.29) is 18.3 Å². The van der Waals surface area contributed by atoms with Gasteiger partial charge in [-0.1, -0.05) is 50.5 Å². The van der Waals surface area contributed by atoms with Crippen LogP contribution < -0.4 is 9.47 Å². The Balaban J connectivity index is 1.55. The summed E-state index contributed by atoms with van der Waals surface area (Å²) >= 11 is 1.18. The van der Waals surface area contributed by atoms with Gasteiger partial charge in [0, 0.05) is 24.5 Å². The van der Waals surface area contributed by atoms with Gasteiger partial charge in [0.15, 0.2) is 5.90 Å². The lowest BCUT2D eigenvalue weighted by molar-refractivity contribution is -0.919. The SMILES string of the molecule is CCCCCCOc1nsnc1C1=CCC[N+](C)(COC(=N)Cc2ccccc2OC(C)=O)C1. The second-order valence-corrected chi connectivity index (χ2v) is 9.45. The minimum absolute atomic E-state index is 0.140. The van der Waals surface area contributed by atoms with E-state index >= 15 is 0 Å². The van der Waals surface area contributed by atoms with Crippen molar-refractivity contribution in [3.05, 3.63) is 41.6 Å². The lowest BCUT2D eigenvalue weighted by atomic mass is 10.1. The highest BCUT2D eigenvalue weighted by molar-refractivity contribution is 6.99. The first-order chi connectivity index (χ1) is 16.4. The van der Waals surface area contributed by atoms with Crippen LogP contribution in [0.5, 0.6) is 11.6 Å². The van der Waals surface area contributed by atoms with Gasteiger partial charge in [0.05, 0.1) is 38.3 Å². The topological polar surface area (TPSA) is 94.4 Å². The summed E-state index contributed by atoms with van der Waals surface area (Å²) in [5.74, 6) is 0.843. The van der Waals surface area contributed by atoms with Crippen molar-refractivity contribution >= 4 is 29.2 Å². The Kier molecular flexibility index (Phi) is 9.59. The van der Waals surface area contributed by atoms with Crippen LogP contribution in [0.1, 0.15) is 57.2 Å². The number of aromatic nitrogens is 2. The highest BCUT2D eigenvalue weighted by Crippen LogP contribution is 2.30. The van der Waals surface area contributed by atoms with Crippen LogP contribution in [0.15, 0.2) is 30.3 Å². The maximum Gasteiger partial charge on any atom is 0.308 e. The van der Waals surface area contributed by atoms with Crippen molar-refractivity contribution < 1.29 is 23.5 Å². The number of carbonyl (C=O) groups is 1. The monoisotopic (exact) mass is 487 g/mol. The van der Waals surface area contributed by atoms with Gasteiger partial charge in [-0.25, -0.2) is 0 Å². The molecule has 1 unspecified atom stereocenters. The Morgan fingerprint density at radius 2 is 2.03 bits per heavy atom. The first-order valence-electron chi connectivity index (χ1n) is 11.8. The quantitative estimate of drug-likeness (QED) is 0.115. The normalized spacial score (nSPS) is 17.7. The number of nitrogens with one attached hydrogen (secondary N) is 1. The number of nitrogens with zero attached hydrogens (tertiary/aromatic N) is 3. The van der Waals surface area contributed by atoms with Gasteiger partial charge in [0.2, 0.25) is 6.73 Å². The summed E-state index contributed by atoms with van der Waals surface area (Å²) in [6, 6.07) is 7.23. The van der Waals surface area contributed by atoms with Crippen LogP contribution in [0.3, 0.4) is 0 Å². The molecular formula is C25H35N4O4S+. The Morgan fingerprint density at radius 3 is 2.82 bits per heavy atom. The molecule has 2 heterocycles. The zero-order valence-electron chi connectivity index (χ0n) is 20.3. The molecule has 0 bridgehead atoms. The first-order valence-corrected chi connectivity index (χ1v) is 12.6. The summed E-state index contributed by atoms with van der Waals surface area (Å²) < 4.78 is 26.6. The maximum absolute atomic E-state index is 11.3. The first kappa shape index (κ1) is 25.8. The third kappa shape index (κ3) is 7.63. The maximum atomic E-state index is 11.3. The van der Waals surface area contributed by atoms with E-state index in [1.165, 1.54) is 31.5 Å². The van der Waals surface area contributed by atoms with Crippen LogP contribution in [0.2, 0.25) is 0 Å². The van der Waals surface area contributed by atoms with Crippen LogP contribution in [0, 0.1) is 5.41 Å². The van der Waals surface area contributed by atoms with Gasteiger partial charge < -0.3 is 14.2 Å². The van der Waals surface area contributed by atoms with Crippen LogP contribution in [-0.2, 0) is 16.0 Å². The van der Waals surface area contributed by atoms with Crippen molar-refractivity contribution in [2.24, 2.45) is 0 Å². The zero-order valence-corrected chi connectivity index (χ0v) is 21.2. The van der Waals surface area contributed by atoms with Gasteiger partial charge in [-0.15, -0.1) is 4.37 Å². The van der Waals surface area contributed by atoms with Crippen molar-refractivity contribution in [2.75, 3.05) is 33.5 Å². The summed E-state index contributed by atoms with van der Waals surface area (Å²) in [6.45, 7) is 6.23. The van der Waals surface area contributed by atoms with E-state index in [4.69, 9.17) is 19.6 Å². The van der Waals surface area contributed by atoms with Crippen LogP contribution in [0.25, 0.3) is 5.57 Å². The van der Waals surface area contributed by atoms with Gasteiger partial charge >= 0.3 is 5.97 Å². The lowest BCUT2D eigenvalue weighted by Crippen LogP contribution is -2.49. The fourth-order valence-electron chi connectivity index (χ4n) is 3.92. The molecule has 0 saturated heterocycles. The summed E-state index contributed by atoms with van der Waals surface area (Å²) in [5.41, 5.74) is 2.69. The molecule has 1 N–H and O–H groups in total. The number of likely N-dealkylation sites (N-methyl/N-ethyl adjacent to an activating group) is 1. The molecule has 2 aromatic rings. The van der Waals surface area contributed by atoms with Gasteiger partial charge in [-0.05, 0) is 12.5 Å². The fourth-order valence-corrected chi connectivity index (χ4v) is 4.45. The number of rotatable bonds is 12. The average Bonchev–Trinajstić information content (AvgIpc) is 3.27. The van der Waals surface area contributed by atoms with Crippen LogP contribution >= 0.6 is 11.7 Å². The molecule has 1 aromatic carbocycles. The van der Waals surface area contributed by atoms with E-state index in [1.807, 2.05) is 12.1 Å². The van der Waals surface area contributed by atoms with Crippen molar-refractivity contribution in [1.82, 2.24) is 8.75 Å². The van der Waals surface area contributed by atoms with E-state index in [2.05, 4.69) is 28.8 Å². The molecule has 1 aliphatic heterocycles. The second-order valence-electron chi connectivity index (χ2n) is 8.92. The highest BCUT2D eigenvalue weighted by atomic mass is 32.1. The predicted octanol–water partition coefficient (Wildman–Crippen LogP) is 4.85. The highest BCUT2D eigenvalue weighted by Gasteiger charge is 2.31. The smallest absolute Gasteiger partial charge is 0.308 e. The van der Waals surface area contributed by atoms with Gasteiger partial charge in [-0.3, -0.25) is 14.7 Å². The molecule has 3 rings (SSSR count). The third-order valence-corrected chi connectivity index (χ3v) is 6.25. The van der Waals surface area contributed by atoms with Gasteiger partial charge in [0.1, 0.15) is 18.0 Å². The summed E-state index contributed by atoms with van der Waals surface area (Å²) in [5, 5.41) is 8.33. The van der Waals surface area contributed by atoms with Crippen molar-refractivity contribution in [3.8, 4) is 11.6 Å². The van der Waals surface area contributed by atoms with Crippen LogP contribution in [0.4, 0.5) is 0 Å². The van der Waals surface area contributed by atoms with Crippen molar-refractivity contribution in [2.45, 2.75) is 52.4 Å². The molecule has 1 atom stereocenters. The predicted molar refractivity (Wildman–Crippen MR) is 133 cm³/mol. The number of hydrogen-bond acceptors (Lipinski definition) is 8. The minimum Gasteiger partial charge on any atom is -0.475 e. The number of esters is 1. The number of ether oxygens (including phenoxy) is 3. The Bertz CT molecular complexity index is 1010. The number of carbonyl (C=O) groups excluding carboxylic acids is 1. The minimum atomic E-state index is -0.383. The van der Waals surface area contributed by atoms with Crippen molar-refractivity contribution in [1.29, 1.82) is 5.41 Å². The molecule has 9 heteroatoms. The Labute approximate surface area is 206 Å². The number of benzene rings is 1. The number of quaternary nitrogens is 1. The summed E-state index contributed by atoms with van der Waals surface area (Å²) in [4.78, 5) is 11.3. The Hall–Kier alpha value is -2.78. The van der Waals surface area contributed by atoms with E-state index in [0.29, 0.717) is 29.5 Å². The number of para-hydroxylation sites is 1. The van der Waals surface area contributed by atoms with E-state index in [1.54, 1.807) is 12.1 Å². The molecule has 184 valence electrons. The molecule has 1 aromatic heterocycles. The molecule has 0 aliphatic carbocycles. The zero-order chi connectivity index (χ0) is 24.4. The number of unbranched alkanes of at least 4 members (excludes halogenated alkanes) is 3. The molecule has 0 spiro atoms. The third-order valence-electron chi connectivity index (χ3n) is 5.74. The molecule has 34 heavy (non-hydrogen) atoms. The summed E-state index contributed by atoms with van der Waals surface area (Å²) in [7, 11) is 2.12. The molecule has 0 radical (unpaired) electrons.